The number of benzene rings is 3. The first-order chi connectivity index (χ1) is 15.0. The lowest BCUT2D eigenvalue weighted by Gasteiger charge is -2.43. The molecular weight excluding hydrogens is 388 g/mol. The summed E-state index contributed by atoms with van der Waals surface area (Å²) in [5, 5.41) is 0. The molecule has 0 spiro atoms. The number of ether oxygens (including phenoxy) is 1. The van der Waals surface area contributed by atoms with Crippen LogP contribution in [0.4, 0.5) is 11.4 Å². The van der Waals surface area contributed by atoms with E-state index in [0.29, 0.717) is 17.7 Å². The summed E-state index contributed by atoms with van der Waals surface area (Å²) in [7, 11) is 1.59. The van der Waals surface area contributed by atoms with Crippen molar-refractivity contribution in [3.8, 4) is 5.75 Å². The van der Waals surface area contributed by atoms with Gasteiger partial charge in [0.1, 0.15) is 5.75 Å². The molecule has 0 aliphatic carbocycles. The van der Waals surface area contributed by atoms with Gasteiger partial charge >= 0.3 is 0 Å². The third-order valence-corrected chi connectivity index (χ3v) is 5.78. The van der Waals surface area contributed by atoms with E-state index in [1.54, 1.807) is 26.2 Å². The molecule has 5 nitrogen and oxygen atoms in total. The van der Waals surface area contributed by atoms with Gasteiger partial charge in [-0.05, 0) is 55.3 Å². The lowest BCUT2D eigenvalue weighted by atomic mass is 9.89. The number of para-hydroxylation sites is 2. The fourth-order valence-corrected chi connectivity index (χ4v) is 4.43. The molecule has 1 heterocycles. The maximum absolute atomic E-state index is 13.8. The molecule has 1 aliphatic rings. The number of rotatable bonds is 4. The Bertz CT molecular complexity index is 1100. The number of carbonyl (C=O) groups excluding carboxylic acids is 2. The van der Waals surface area contributed by atoms with E-state index in [4.69, 9.17) is 4.74 Å². The minimum absolute atomic E-state index is 0.00350. The predicted octanol–water partition coefficient (Wildman–Crippen LogP) is 5.23. The van der Waals surface area contributed by atoms with Crippen LogP contribution in [0.2, 0.25) is 0 Å². The fourth-order valence-electron chi connectivity index (χ4n) is 4.43. The maximum atomic E-state index is 13.8. The van der Waals surface area contributed by atoms with E-state index in [9.17, 15) is 9.59 Å². The van der Waals surface area contributed by atoms with Gasteiger partial charge in [0.05, 0.1) is 13.2 Å². The lowest BCUT2D eigenvalue weighted by Crippen LogP contribution is -2.47. The van der Waals surface area contributed by atoms with Gasteiger partial charge in [0.15, 0.2) is 0 Å². The molecule has 31 heavy (non-hydrogen) atoms. The number of methoxy groups -OCH3 is 1. The average Bonchev–Trinajstić information content (AvgIpc) is 2.79. The molecule has 5 heteroatoms. The summed E-state index contributed by atoms with van der Waals surface area (Å²) in [4.78, 5) is 29.9. The van der Waals surface area contributed by atoms with E-state index in [1.165, 1.54) is 0 Å². The maximum Gasteiger partial charge on any atom is 0.258 e. The van der Waals surface area contributed by atoms with Crippen molar-refractivity contribution >= 4 is 23.2 Å². The summed E-state index contributed by atoms with van der Waals surface area (Å²) in [5.74, 6) is 0.538. The van der Waals surface area contributed by atoms with Crippen molar-refractivity contribution in [2.45, 2.75) is 32.4 Å². The summed E-state index contributed by atoms with van der Waals surface area (Å²) < 4.78 is 5.33. The molecular formula is C26H26N2O3. The number of fused-ring (bicyclic) bond motifs is 1. The van der Waals surface area contributed by atoms with E-state index >= 15 is 0 Å². The highest BCUT2D eigenvalue weighted by Crippen LogP contribution is 2.42. The van der Waals surface area contributed by atoms with E-state index in [0.717, 1.165) is 16.9 Å². The summed E-state index contributed by atoms with van der Waals surface area (Å²) >= 11 is 0. The smallest absolute Gasteiger partial charge is 0.258 e. The van der Waals surface area contributed by atoms with Crippen LogP contribution < -0.4 is 14.5 Å². The number of carbonyl (C=O) groups is 2. The molecule has 0 bridgehead atoms. The van der Waals surface area contributed by atoms with E-state index < -0.39 is 0 Å². The molecule has 3 aromatic carbocycles. The predicted molar refractivity (Wildman–Crippen MR) is 123 cm³/mol. The molecule has 0 N–H and O–H groups in total. The Labute approximate surface area is 182 Å². The summed E-state index contributed by atoms with van der Waals surface area (Å²) in [6.07, 6.45) is 0.640. The van der Waals surface area contributed by atoms with Crippen molar-refractivity contribution in [2.24, 2.45) is 0 Å². The van der Waals surface area contributed by atoms with Gasteiger partial charge in [-0.3, -0.25) is 9.59 Å². The van der Waals surface area contributed by atoms with Gasteiger partial charge in [0, 0.05) is 29.9 Å². The third-order valence-electron chi connectivity index (χ3n) is 5.78. The Morgan fingerprint density at radius 2 is 1.68 bits per heavy atom. The third kappa shape index (κ3) is 3.91. The first-order valence-electron chi connectivity index (χ1n) is 10.4. The molecule has 2 unspecified atom stereocenters. The number of nitrogens with zero attached hydrogens (tertiary/aromatic N) is 2. The highest BCUT2D eigenvalue weighted by atomic mass is 16.5. The first kappa shape index (κ1) is 20.7. The van der Waals surface area contributed by atoms with Crippen LogP contribution in [-0.4, -0.2) is 25.0 Å². The van der Waals surface area contributed by atoms with Crippen molar-refractivity contribution in [1.29, 1.82) is 0 Å². The zero-order chi connectivity index (χ0) is 22.0. The minimum Gasteiger partial charge on any atom is -0.497 e. The van der Waals surface area contributed by atoms with Gasteiger partial charge in [0.2, 0.25) is 5.91 Å². The van der Waals surface area contributed by atoms with Crippen molar-refractivity contribution < 1.29 is 14.3 Å². The molecule has 0 radical (unpaired) electrons. The zero-order valence-corrected chi connectivity index (χ0v) is 18.0. The zero-order valence-electron chi connectivity index (χ0n) is 18.0. The molecule has 158 valence electrons. The summed E-state index contributed by atoms with van der Waals surface area (Å²) in [6.45, 7) is 3.62. The van der Waals surface area contributed by atoms with Crippen molar-refractivity contribution in [3.63, 3.8) is 0 Å². The number of hydrogen-bond acceptors (Lipinski definition) is 3. The van der Waals surface area contributed by atoms with E-state index in [-0.39, 0.29) is 23.9 Å². The molecule has 0 aromatic heterocycles. The standard InChI is InChI=1S/C26H26N2O3/c1-18-16-25(23-14-7-8-15-24(23)27(18)19(2)29)28(21-11-5-4-6-12-21)26(30)20-10-9-13-22(17-20)31-3/h4-15,17-18,25H,16H2,1-3H3. The molecule has 0 saturated carbocycles. The first-order valence-corrected chi connectivity index (χ1v) is 10.4. The number of amides is 2. The van der Waals surface area contributed by atoms with Gasteiger partial charge in [-0.25, -0.2) is 0 Å². The monoisotopic (exact) mass is 414 g/mol. The van der Waals surface area contributed by atoms with Gasteiger partial charge in [-0.15, -0.1) is 0 Å². The van der Waals surface area contributed by atoms with Gasteiger partial charge in [-0.2, -0.15) is 0 Å². The lowest BCUT2D eigenvalue weighted by molar-refractivity contribution is -0.117. The molecule has 3 aromatic rings. The minimum atomic E-state index is -0.206. The Balaban J connectivity index is 1.85. The second-order valence-corrected chi connectivity index (χ2v) is 7.79. The normalized spacial score (nSPS) is 17.6. The second-order valence-electron chi connectivity index (χ2n) is 7.79. The van der Waals surface area contributed by atoms with Crippen molar-refractivity contribution in [2.75, 3.05) is 16.9 Å². The average molecular weight is 415 g/mol. The van der Waals surface area contributed by atoms with Crippen LogP contribution in [0.3, 0.4) is 0 Å². The molecule has 0 saturated heterocycles. The summed E-state index contributed by atoms with van der Waals surface area (Å²) in [5.41, 5.74) is 3.20. The quantitative estimate of drug-likeness (QED) is 0.587. The van der Waals surface area contributed by atoms with Crippen molar-refractivity contribution in [1.82, 2.24) is 0 Å². The highest BCUT2D eigenvalue weighted by molar-refractivity contribution is 6.07. The SMILES string of the molecule is COc1cccc(C(=O)N(c2ccccc2)C2CC(C)N(C(C)=O)c3ccccc32)c1. The number of hydrogen-bond donors (Lipinski definition) is 0. The van der Waals surface area contributed by atoms with Crippen LogP contribution in [-0.2, 0) is 4.79 Å². The van der Waals surface area contributed by atoms with E-state index in [1.807, 2.05) is 83.5 Å². The Morgan fingerprint density at radius 3 is 2.39 bits per heavy atom. The van der Waals surface area contributed by atoms with E-state index in [2.05, 4.69) is 0 Å². The second kappa shape index (κ2) is 8.64. The van der Waals surface area contributed by atoms with Crippen LogP contribution in [0.5, 0.6) is 5.75 Å². The highest BCUT2D eigenvalue weighted by Gasteiger charge is 2.37. The molecule has 2 atom stereocenters. The van der Waals surface area contributed by atoms with Crippen LogP contribution in [0.1, 0.15) is 42.2 Å². The number of anilines is 2. The fraction of sp³-hybridized carbons (Fsp3) is 0.231. The summed E-state index contributed by atoms with van der Waals surface area (Å²) in [6, 6.07) is 24.5. The molecule has 2 amide bonds. The van der Waals surface area contributed by atoms with Crippen LogP contribution >= 0.6 is 0 Å². The van der Waals surface area contributed by atoms with Crippen molar-refractivity contribution in [3.05, 3.63) is 90.0 Å². The topological polar surface area (TPSA) is 49.9 Å². The Morgan fingerprint density at radius 1 is 0.968 bits per heavy atom. The molecule has 1 aliphatic heterocycles. The largest absolute Gasteiger partial charge is 0.497 e. The Hall–Kier alpha value is -3.60. The van der Waals surface area contributed by atoms with Gasteiger partial charge in [-0.1, -0.05) is 42.5 Å². The Kier molecular flexibility index (Phi) is 5.76. The van der Waals surface area contributed by atoms with Gasteiger partial charge in [0.25, 0.3) is 5.91 Å². The molecule has 4 rings (SSSR count). The van der Waals surface area contributed by atoms with Crippen LogP contribution in [0, 0.1) is 0 Å². The van der Waals surface area contributed by atoms with Crippen LogP contribution in [0.15, 0.2) is 78.9 Å². The van der Waals surface area contributed by atoms with Gasteiger partial charge < -0.3 is 14.5 Å². The molecule has 0 fully saturated rings. The van der Waals surface area contributed by atoms with Crippen LogP contribution in [0.25, 0.3) is 0 Å².